The molecule has 3 aromatic rings. The average molecular weight is 305 g/mol. The lowest BCUT2D eigenvalue weighted by Crippen LogP contribution is -2.17. The SMILES string of the molecule is CC(C)(O)c1ccc(-c2coc(-c3ccc(C#N)cc3)n2)cn1. The third kappa shape index (κ3) is 3.12. The minimum atomic E-state index is -0.976. The van der Waals surface area contributed by atoms with Crippen molar-refractivity contribution in [2.24, 2.45) is 0 Å². The molecule has 5 heteroatoms. The second-order valence-electron chi connectivity index (χ2n) is 5.72. The third-order valence-corrected chi connectivity index (χ3v) is 3.45. The Kier molecular flexibility index (Phi) is 3.68. The van der Waals surface area contributed by atoms with Gasteiger partial charge < -0.3 is 9.52 Å². The van der Waals surface area contributed by atoms with E-state index in [0.29, 0.717) is 22.8 Å². The van der Waals surface area contributed by atoms with Crippen LogP contribution in [0.25, 0.3) is 22.7 Å². The van der Waals surface area contributed by atoms with Gasteiger partial charge in [-0.15, -0.1) is 0 Å². The van der Waals surface area contributed by atoms with E-state index in [9.17, 15) is 5.11 Å². The molecule has 0 spiro atoms. The molecule has 114 valence electrons. The highest BCUT2D eigenvalue weighted by Crippen LogP contribution is 2.26. The summed E-state index contributed by atoms with van der Waals surface area (Å²) in [5.41, 5.74) is 2.48. The largest absolute Gasteiger partial charge is 0.444 e. The number of hydrogen-bond donors (Lipinski definition) is 1. The number of benzene rings is 1. The third-order valence-electron chi connectivity index (χ3n) is 3.45. The van der Waals surface area contributed by atoms with Crippen LogP contribution in [-0.2, 0) is 5.60 Å². The molecule has 0 saturated carbocycles. The fraction of sp³-hybridized carbons (Fsp3) is 0.167. The van der Waals surface area contributed by atoms with E-state index in [-0.39, 0.29) is 0 Å². The zero-order chi connectivity index (χ0) is 16.4. The molecule has 0 unspecified atom stereocenters. The van der Waals surface area contributed by atoms with Gasteiger partial charge in [0, 0.05) is 17.3 Å². The van der Waals surface area contributed by atoms with Gasteiger partial charge in [-0.25, -0.2) is 4.98 Å². The summed E-state index contributed by atoms with van der Waals surface area (Å²) in [6.07, 6.45) is 3.22. The maximum Gasteiger partial charge on any atom is 0.226 e. The molecule has 0 aliphatic heterocycles. The van der Waals surface area contributed by atoms with Crippen LogP contribution in [0.5, 0.6) is 0 Å². The van der Waals surface area contributed by atoms with E-state index in [1.807, 2.05) is 6.07 Å². The molecule has 0 saturated heterocycles. The number of aliphatic hydroxyl groups is 1. The summed E-state index contributed by atoms with van der Waals surface area (Å²) < 4.78 is 5.50. The molecule has 1 N–H and O–H groups in total. The fourth-order valence-electron chi connectivity index (χ4n) is 2.13. The van der Waals surface area contributed by atoms with Gasteiger partial charge in [-0.05, 0) is 50.2 Å². The summed E-state index contributed by atoms with van der Waals surface area (Å²) in [4.78, 5) is 8.71. The summed E-state index contributed by atoms with van der Waals surface area (Å²) in [6, 6.07) is 12.7. The van der Waals surface area contributed by atoms with Crippen LogP contribution in [0.4, 0.5) is 0 Å². The van der Waals surface area contributed by atoms with Crippen LogP contribution in [0.15, 0.2) is 53.3 Å². The summed E-state index contributed by atoms with van der Waals surface area (Å²) in [5.74, 6) is 0.482. The van der Waals surface area contributed by atoms with Crippen LogP contribution in [-0.4, -0.2) is 15.1 Å². The molecular weight excluding hydrogens is 290 g/mol. The minimum Gasteiger partial charge on any atom is -0.444 e. The van der Waals surface area contributed by atoms with Crippen LogP contribution in [0.3, 0.4) is 0 Å². The van der Waals surface area contributed by atoms with Crippen molar-refractivity contribution in [3.8, 4) is 28.8 Å². The van der Waals surface area contributed by atoms with Crippen molar-refractivity contribution in [3.05, 3.63) is 60.1 Å². The second kappa shape index (κ2) is 5.67. The molecule has 23 heavy (non-hydrogen) atoms. The zero-order valence-corrected chi connectivity index (χ0v) is 12.8. The van der Waals surface area contributed by atoms with Gasteiger partial charge in [0.1, 0.15) is 17.6 Å². The van der Waals surface area contributed by atoms with Crippen molar-refractivity contribution in [2.45, 2.75) is 19.4 Å². The number of rotatable bonds is 3. The Morgan fingerprint density at radius 2 is 1.78 bits per heavy atom. The Bertz CT molecular complexity index is 851. The topological polar surface area (TPSA) is 82.9 Å². The number of aromatic nitrogens is 2. The molecule has 0 fully saturated rings. The van der Waals surface area contributed by atoms with E-state index in [0.717, 1.165) is 11.1 Å². The molecule has 0 amide bonds. The maximum atomic E-state index is 9.93. The van der Waals surface area contributed by atoms with Gasteiger partial charge >= 0.3 is 0 Å². The first-order valence-corrected chi connectivity index (χ1v) is 7.13. The van der Waals surface area contributed by atoms with Crippen LogP contribution in [0, 0.1) is 11.3 Å². The standard InChI is InChI=1S/C18H15N3O2/c1-18(2,22)16-8-7-14(10-20-16)15-11-23-17(21-15)13-5-3-12(9-19)4-6-13/h3-8,10-11,22H,1-2H3. The Morgan fingerprint density at radius 1 is 1.09 bits per heavy atom. The molecule has 2 heterocycles. The Labute approximate surface area is 133 Å². The van der Waals surface area contributed by atoms with Crippen LogP contribution in [0.2, 0.25) is 0 Å². The fourth-order valence-corrected chi connectivity index (χ4v) is 2.13. The predicted molar refractivity (Wildman–Crippen MR) is 85.1 cm³/mol. The quantitative estimate of drug-likeness (QED) is 0.800. The van der Waals surface area contributed by atoms with E-state index in [1.165, 1.54) is 0 Å². The van der Waals surface area contributed by atoms with Crippen molar-refractivity contribution in [2.75, 3.05) is 0 Å². The lowest BCUT2D eigenvalue weighted by Gasteiger charge is -2.16. The zero-order valence-electron chi connectivity index (χ0n) is 12.8. The summed E-state index contributed by atoms with van der Waals surface area (Å²) >= 11 is 0. The van der Waals surface area contributed by atoms with E-state index in [4.69, 9.17) is 9.68 Å². The number of pyridine rings is 1. The van der Waals surface area contributed by atoms with Crippen molar-refractivity contribution in [1.29, 1.82) is 5.26 Å². The van der Waals surface area contributed by atoms with E-state index < -0.39 is 5.60 Å². The Hall–Kier alpha value is -2.97. The van der Waals surface area contributed by atoms with Gasteiger partial charge in [0.2, 0.25) is 5.89 Å². The van der Waals surface area contributed by atoms with Crippen LogP contribution in [0.1, 0.15) is 25.1 Å². The van der Waals surface area contributed by atoms with Gasteiger partial charge in [0.05, 0.1) is 17.3 Å². The van der Waals surface area contributed by atoms with Gasteiger partial charge in [0.25, 0.3) is 0 Å². The van der Waals surface area contributed by atoms with E-state index >= 15 is 0 Å². The predicted octanol–water partition coefficient (Wildman–Crippen LogP) is 3.50. The van der Waals surface area contributed by atoms with Crippen molar-refractivity contribution >= 4 is 0 Å². The molecule has 0 aliphatic rings. The van der Waals surface area contributed by atoms with Crippen LogP contribution < -0.4 is 0 Å². The first-order chi connectivity index (χ1) is 11.0. The number of nitriles is 1. The molecule has 0 atom stereocenters. The molecule has 0 radical (unpaired) electrons. The van der Waals surface area contributed by atoms with Crippen LogP contribution >= 0.6 is 0 Å². The molecule has 0 bridgehead atoms. The Morgan fingerprint density at radius 3 is 2.35 bits per heavy atom. The summed E-state index contributed by atoms with van der Waals surface area (Å²) in [5, 5.41) is 18.7. The summed E-state index contributed by atoms with van der Waals surface area (Å²) in [7, 11) is 0. The van der Waals surface area contributed by atoms with Gasteiger partial charge in [0.15, 0.2) is 0 Å². The average Bonchev–Trinajstić information content (AvgIpc) is 3.04. The molecule has 1 aromatic carbocycles. The van der Waals surface area contributed by atoms with E-state index in [1.54, 1.807) is 56.6 Å². The molecular formula is C18H15N3O2. The molecule has 3 rings (SSSR count). The highest BCUT2D eigenvalue weighted by Gasteiger charge is 2.17. The molecule has 0 aliphatic carbocycles. The highest BCUT2D eigenvalue weighted by atomic mass is 16.3. The van der Waals surface area contributed by atoms with Crippen molar-refractivity contribution in [1.82, 2.24) is 9.97 Å². The Balaban J connectivity index is 1.88. The van der Waals surface area contributed by atoms with E-state index in [2.05, 4.69) is 16.0 Å². The van der Waals surface area contributed by atoms with Gasteiger partial charge in [-0.1, -0.05) is 0 Å². The monoisotopic (exact) mass is 305 g/mol. The lowest BCUT2D eigenvalue weighted by atomic mass is 10.0. The van der Waals surface area contributed by atoms with Gasteiger partial charge in [-0.2, -0.15) is 5.26 Å². The second-order valence-corrected chi connectivity index (χ2v) is 5.72. The minimum absolute atomic E-state index is 0.482. The van der Waals surface area contributed by atoms with Gasteiger partial charge in [-0.3, -0.25) is 4.98 Å². The highest BCUT2D eigenvalue weighted by molar-refractivity contribution is 5.62. The first kappa shape index (κ1) is 14.9. The molecule has 2 aromatic heterocycles. The maximum absolute atomic E-state index is 9.93. The van der Waals surface area contributed by atoms with Crippen molar-refractivity contribution in [3.63, 3.8) is 0 Å². The summed E-state index contributed by atoms with van der Waals surface area (Å²) in [6.45, 7) is 3.38. The normalized spacial score (nSPS) is 11.2. The smallest absolute Gasteiger partial charge is 0.226 e. The molecule has 5 nitrogen and oxygen atoms in total. The first-order valence-electron chi connectivity index (χ1n) is 7.13. The van der Waals surface area contributed by atoms with Crippen molar-refractivity contribution < 1.29 is 9.52 Å². The number of hydrogen-bond acceptors (Lipinski definition) is 5. The number of oxazole rings is 1. The lowest BCUT2D eigenvalue weighted by molar-refractivity contribution is 0.0739. The number of nitrogens with zero attached hydrogens (tertiary/aromatic N) is 3.